The normalized spacial score (nSPS) is 13.1. The molecule has 0 fully saturated rings. The van der Waals surface area contributed by atoms with Crippen LogP contribution in [0.4, 0.5) is 0 Å². The van der Waals surface area contributed by atoms with Crippen molar-refractivity contribution in [2.24, 2.45) is 5.92 Å². The molecule has 0 amide bonds. The lowest BCUT2D eigenvalue weighted by molar-refractivity contribution is -0.118. The van der Waals surface area contributed by atoms with E-state index < -0.39 is 0 Å². The van der Waals surface area contributed by atoms with Crippen LogP contribution in [0.25, 0.3) is 21.9 Å². The second-order valence-corrected chi connectivity index (χ2v) is 5.95. The van der Waals surface area contributed by atoms with E-state index in [-0.39, 0.29) is 11.7 Å². The van der Waals surface area contributed by atoms with Crippen LogP contribution in [0.2, 0.25) is 0 Å². The minimum Gasteiger partial charge on any atom is -0.340 e. The maximum atomic E-state index is 11.9. The Labute approximate surface area is 123 Å². The van der Waals surface area contributed by atoms with Gasteiger partial charge in [-0.15, -0.1) is 0 Å². The minimum absolute atomic E-state index is 0.153. The van der Waals surface area contributed by atoms with Gasteiger partial charge in [0, 0.05) is 5.39 Å². The summed E-state index contributed by atoms with van der Waals surface area (Å²) < 4.78 is 0. The standard InChI is InChI=1S/C17H19N3O/c1-10(2)8-13(11(3)21)17-19-15-9-18-14-7-5-4-6-12(14)16(15)20-17/h4-7,9-10,13H,8H2,1-3H3,(H,19,20). The molecule has 0 saturated heterocycles. The summed E-state index contributed by atoms with van der Waals surface area (Å²) in [6.07, 6.45) is 2.60. The molecule has 0 spiro atoms. The predicted molar refractivity (Wildman–Crippen MR) is 84.3 cm³/mol. The van der Waals surface area contributed by atoms with Gasteiger partial charge in [0.2, 0.25) is 0 Å². The topological polar surface area (TPSA) is 58.6 Å². The summed E-state index contributed by atoms with van der Waals surface area (Å²) in [4.78, 5) is 24.4. The van der Waals surface area contributed by atoms with Gasteiger partial charge in [-0.25, -0.2) is 4.98 Å². The zero-order valence-corrected chi connectivity index (χ0v) is 12.6. The van der Waals surface area contributed by atoms with Crippen molar-refractivity contribution in [3.8, 4) is 0 Å². The van der Waals surface area contributed by atoms with E-state index >= 15 is 0 Å². The second-order valence-electron chi connectivity index (χ2n) is 5.95. The van der Waals surface area contributed by atoms with Crippen LogP contribution in [0.1, 0.15) is 38.9 Å². The smallest absolute Gasteiger partial charge is 0.140 e. The van der Waals surface area contributed by atoms with Gasteiger partial charge in [0.05, 0.1) is 28.7 Å². The van der Waals surface area contributed by atoms with Gasteiger partial charge in [-0.3, -0.25) is 9.78 Å². The Morgan fingerprint density at radius 3 is 2.76 bits per heavy atom. The molecule has 3 aromatic rings. The average molecular weight is 281 g/mol. The fraction of sp³-hybridized carbons (Fsp3) is 0.353. The molecule has 0 bridgehead atoms. The number of ketones is 1. The van der Waals surface area contributed by atoms with Crippen molar-refractivity contribution in [2.75, 3.05) is 0 Å². The van der Waals surface area contributed by atoms with Crippen LogP contribution >= 0.6 is 0 Å². The van der Waals surface area contributed by atoms with Crippen molar-refractivity contribution in [1.29, 1.82) is 0 Å². The van der Waals surface area contributed by atoms with E-state index in [0.717, 1.165) is 34.2 Å². The number of para-hydroxylation sites is 1. The first-order chi connectivity index (χ1) is 10.1. The van der Waals surface area contributed by atoms with Gasteiger partial charge in [-0.1, -0.05) is 32.0 Å². The van der Waals surface area contributed by atoms with E-state index in [0.29, 0.717) is 5.92 Å². The fourth-order valence-corrected chi connectivity index (χ4v) is 2.73. The zero-order chi connectivity index (χ0) is 15.0. The number of imidazole rings is 1. The molecule has 0 saturated carbocycles. The van der Waals surface area contributed by atoms with Crippen LogP contribution in [-0.4, -0.2) is 20.7 Å². The summed E-state index contributed by atoms with van der Waals surface area (Å²) in [5, 5.41) is 1.02. The molecule has 1 atom stereocenters. The van der Waals surface area contributed by atoms with E-state index in [1.807, 2.05) is 24.3 Å². The Bertz CT molecular complexity index is 804. The van der Waals surface area contributed by atoms with Crippen LogP contribution in [0, 0.1) is 5.92 Å². The summed E-state index contributed by atoms with van der Waals surface area (Å²) in [7, 11) is 0. The van der Waals surface area contributed by atoms with Gasteiger partial charge in [0.25, 0.3) is 0 Å². The third-order valence-corrected chi connectivity index (χ3v) is 3.77. The molecule has 1 aromatic carbocycles. The minimum atomic E-state index is -0.170. The van der Waals surface area contributed by atoms with Crippen LogP contribution in [-0.2, 0) is 4.79 Å². The number of nitrogens with one attached hydrogen (secondary N) is 1. The van der Waals surface area contributed by atoms with Gasteiger partial charge in [-0.2, -0.15) is 0 Å². The number of rotatable bonds is 4. The largest absolute Gasteiger partial charge is 0.340 e. The Morgan fingerprint density at radius 1 is 1.29 bits per heavy atom. The first kappa shape index (κ1) is 13.7. The molecule has 2 heterocycles. The summed E-state index contributed by atoms with van der Waals surface area (Å²) in [5.41, 5.74) is 2.70. The van der Waals surface area contributed by atoms with Crippen molar-refractivity contribution in [1.82, 2.24) is 15.0 Å². The molecule has 0 aliphatic rings. The van der Waals surface area contributed by atoms with Gasteiger partial charge >= 0.3 is 0 Å². The number of H-pyrrole nitrogens is 1. The monoisotopic (exact) mass is 281 g/mol. The first-order valence-electron chi connectivity index (χ1n) is 7.30. The van der Waals surface area contributed by atoms with E-state index in [4.69, 9.17) is 4.98 Å². The van der Waals surface area contributed by atoms with E-state index in [1.165, 1.54) is 0 Å². The van der Waals surface area contributed by atoms with Gasteiger partial charge in [0.15, 0.2) is 0 Å². The van der Waals surface area contributed by atoms with E-state index in [2.05, 4.69) is 23.8 Å². The number of nitrogens with zero attached hydrogens (tertiary/aromatic N) is 2. The summed E-state index contributed by atoms with van der Waals surface area (Å²) in [6, 6.07) is 7.93. The van der Waals surface area contributed by atoms with Crippen molar-refractivity contribution in [3.63, 3.8) is 0 Å². The molecule has 2 aromatic heterocycles. The number of hydrogen-bond acceptors (Lipinski definition) is 3. The predicted octanol–water partition coefficient (Wildman–Crippen LogP) is 3.83. The Balaban J connectivity index is 2.15. The Morgan fingerprint density at radius 2 is 2.05 bits per heavy atom. The SMILES string of the molecule is CC(=O)C(CC(C)C)c1nc2c(cnc3ccccc32)[nH]1. The molecule has 1 N–H and O–H groups in total. The first-order valence-corrected chi connectivity index (χ1v) is 7.30. The molecule has 3 rings (SSSR count). The average Bonchev–Trinajstić information content (AvgIpc) is 2.88. The third kappa shape index (κ3) is 2.53. The summed E-state index contributed by atoms with van der Waals surface area (Å²) in [6.45, 7) is 5.88. The molecule has 21 heavy (non-hydrogen) atoms. The van der Waals surface area contributed by atoms with Crippen LogP contribution < -0.4 is 0 Å². The molecular formula is C17H19N3O. The van der Waals surface area contributed by atoms with Crippen LogP contribution in [0.15, 0.2) is 30.5 Å². The number of hydrogen-bond donors (Lipinski definition) is 1. The number of benzene rings is 1. The zero-order valence-electron chi connectivity index (χ0n) is 12.6. The van der Waals surface area contributed by atoms with Gasteiger partial charge in [0.1, 0.15) is 11.6 Å². The number of carbonyl (C=O) groups is 1. The molecule has 4 nitrogen and oxygen atoms in total. The van der Waals surface area contributed by atoms with E-state index in [1.54, 1.807) is 13.1 Å². The van der Waals surface area contributed by atoms with Gasteiger partial charge in [-0.05, 0) is 25.3 Å². The number of fused-ring (bicyclic) bond motifs is 3. The van der Waals surface area contributed by atoms with E-state index in [9.17, 15) is 4.79 Å². The Hall–Kier alpha value is -2.23. The highest BCUT2D eigenvalue weighted by Crippen LogP contribution is 2.27. The number of pyridine rings is 1. The van der Waals surface area contributed by atoms with Crippen molar-refractivity contribution in [3.05, 3.63) is 36.3 Å². The lowest BCUT2D eigenvalue weighted by atomic mass is 9.93. The molecule has 0 aliphatic carbocycles. The van der Waals surface area contributed by atoms with Crippen molar-refractivity contribution in [2.45, 2.75) is 33.1 Å². The third-order valence-electron chi connectivity index (χ3n) is 3.77. The quantitative estimate of drug-likeness (QED) is 0.790. The fourth-order valence-electron chi connectivity index (χ4n) is 2.73. The van der Waals surface area contributed by atoms with Crippen molar-refractivity contribution < 1.29 is 4.79 Å². The molecular weight excluding hydrogens is 262 g/mol. The molecule has 108 valence electrons. The highest BCUT2D eigenvalue weighted by Gasteiger charge is 2.22. The van der Waals surface area contributed by atoms with Gasteiger partial charge < -0.3 is 4.98 Å². The highest BCUT2D eigenvalue weighted by atomic mass is 16.1. The number of aromatic amines is 1. The molecule has 1 unspecified atom stereocenters. The van der Waals surface area contributed by atoms with Crippen molar-refractivity contribution >= 4 is 27.7 Å². The molecule has 0 radical (unpaired) electrons. The Kier molecular flexibility index (Phi) is 3.45. The number of Topliss-reactive ketones (excluding diaryl/α,β-unsaturated/α-hetero) is 1. The number of aromatic nitrogens is 3. The maximum Gasteiger partial charge on any atom is 0.140 e. The second kappa shape index (κ2) is 5.28. The summed E-state index contributed by atoms with van der Waals surface area (Å²) in [5.74, 6) is 1.18. The van der Waals surface area contributed by atoms with Crippen LogP contribution in [0.3, 0.4) is 0 Å². The lowest BCUT2D eigenvalue weighted by Gasteiger charge is -2.13. The van der Waals surface area contributed by atoms with Crippen LogP contribution in [0.5, 0.6) is 0 Å². The summed E-state index contributed by atoms with van der Waals surface area (Å²) >= 11 is 0. The number of carbonyl (C=O) groups excluding carboxylic acids is 1. The lowest BCUT2D eigenvalue weighted by Crippen LogP contribution is -2.13. The highest BCUT2D eigenvalue weighted by molar-refractivity contribution is 6.02. The molecule has 4 heteroatoms. The maximum absolute atomic E-state index is 11.9. The molecule has 0 aliphatic heterocycles.